The third-order valence-electron chi connectivity index (χ3n) is 6.58. The highest BCUT2D eigenvalue weighted by Gasteiger charge is 2.46. The first kappa shape index (κ1) is 22.9. The summed E-state index contributed by atoms with van der Waals surface area (Å²) in [5.74, 6) is -0.310. The molecule has 0 bridgehead atoms. The van der Waals surface area contributed by atoms with Gasteiger partial charge in [-0.3, -0.25) is 0 Å². The first-order chi connectivity index (χ1) is 16.4. The van der Waals surface area contributed by atoms with E-state index in [9.17, 15) is 17.9 Å². The van der Waals surface area contributed by atoms with Crippen LogP contribution in [-0.4, -0.2) is 60.5 Å². The minimum Gasteiger partial charge on any atom is -0.394 e. The van der Waals surface area contributed by atoms with E-state index < -0.39 is 15.4 Å². The quantitative estimate of drug-likeness (QED) is 0.522. The Hall–Kier alpha value is -2.85. The lowest BCUT2D eigenvalue weighted by atomic mass is 9.69. The van der Waals surface area contributed by atoms with Crippen LogP contribution in [0.1, 0.15) is 17.7 Å². The molecule has 0 radical (unpaired) electrons. The van der Waals surface area contributed by atoms with Crippen molar-refractivity contribution in [1.82, 2.24) is 14.1 Å². The lowest BCUT2D eigenvalue weighted by Gasteiger charge is -2.45. The van der Waals surface area contributed by atoms with Gasteiger partial charge in [-0.15, -0.1) is 0 Å². The molecular formula is C25H26FN3O4S. The fourth-order valence-electron chi connectivity index (χ4n) is 4.89. The molecule has 5 rings (SSSR count). The van der Waals surface area contributed by atoms with Crippen LogP contribution in [0.25, 0.3) is 11.8 Å². The number of fused-ring (bicyclic) bond motifs is 2. The van der Waals surface area contributed by atoms with Gasteiger partial charge in [-0.25, -0.2) is 17.5 Å². The average molecular weight is 484 g/mol. The number of aromatic nitrogens is 2. The minimum absolute atomic E-state index is 0.102. The lowest BCUT2D eigenvalue weighted by molar-refractivity contribution is 0.0236. The van der Waals surface area contributed by atoms with Gasteiger partial charge in [0.15, 0.2) is 0 Å². The fraction of sp³-hybridized carbons (Fsp3) is 0.320. The van der Waals surface area contributed by atoms with Crippen LogP contribution in [-0.2, 0) is 21.2 Å². The van der Waals surface area contributed by atoms with E-state index in [1.165, 1.54) is 16.4 Å². The minimum atomic E-state index is -3.66. The Morgan fingerprint density at radius 1 is 1.12 bits per heavy atom. The van der Waals surface area contributed by atoms with Gasteiger partial charge in [0.05, 0.1) is 42.3 Å². The number of aliphatic hydroxyl groups excluding tert-OH is 1. The maximum absolute atomic E-state index is 13.4. The molecule has 2 aromatic carbocycles. The van der Waals surface area contributed by atoms with Crippen molar-refractivity contribution in [1.29, 1.82) is 0 Å². The summed E-state index contributed by atoms with van der Waals surface area (Å²) in [4.78, 5) is 0.273. The molecule has 9 heteroatoms. The highest BCUT2D eigenvalue weighted by atomic mass is 32.2. The average Bonchev–Trinajstić information content (AvgIpc) is 3.25. The van der Waals surface area contributed by atoms with Crippen molar-refractivity contribution in [3.8, 4) is 5.69 Å². The van der Waals surface area contributed by atoms with Crippen molar-refractivity contribution >= 4 is 16.1 Å². The number of aliphatic hydroxyl groups is 1. The van der Waals surface area contributed by atoms with Crippen LogP contribution in [0.15, 0.2) is 71.3 Å². The van der Waals surface area contributed by atoms with Crippen molar-refractivity contribution < 1.29 is 22.7 Å². The molecule has 1 saturated heterocycles. The molecule has 0 spiro atoms. The van der Waals surface area contributed by atoms with Crippen molar-refractivity contribution in [2.45, 2.75) is 17.7 Å². The van der Waals surface area contributed by atoms with Gasteiger partial charge in [0.2, 0.25) is 10.0 Å². The predicted octanol–water partition coefficient (Wildman–Crippen LogP) is 3.04. The molecule has 2 heterocycles. The van der Waals surface area contributed by atoms with E-state index in [4.69, 9.17) is 4.74 Å². The summed E-state index contributed by atoms with van der Waals surface area (Å²) in [7, 11) is -3.66. The van der Waals surface area contributed by atoms with Crippen LogP contribution in [0.4, 0.5) is 4.39 Å². The molecule has 1 atom stereocenters. The number of hydrogen-bond acceptors (Lipinski definition) is 5. The van der Waals surface area contributed by atoms with Crippen LogP contribution >= 0.6 is 0 Å². The lowest BCUT2D eigenvalue weighted by Crippen LogP contribution is -2.51. The van der Waals surface area contributed by atoms with Crippen LogP contribution in [0.2, 0.25) is 0 Å². The summed E-state index contributed by atoms with van der Waals surface area (Å²) >= 11 is 0. The fourth-order valence-corrected chi connectivity index (χ4v) is 6.44. The first-order valence-electron chi connectivity index (χ1n) is 11.2. The van der Waals surface area contributed by atoms with E-state index >= 15 is 0 Å². The molecule has 3 aromatic rings. The largest absolute Gasteiger partial charge is 0.394 e. The molecule has 0 saturated carbocycles. The zero-order valence-corrected chi connectivity index (χ0v) is 19.4. The molecule has 1 aromatic heterocycles. The number of piperidine rings is 1. The molecule has 178 valence electrons. The number of benzene rings is 2. The zero-order chi connectivity index (χ0) is 23.8. The molecule has 1 N–H and O–H groups in total. The normalized spacial score (nSPS) is 20.5. The Morgan fingerprint density at radius 2 is 1.88 bits per heavy atom. The van der Waals surface area contributed by atoms with Gasteiger partial charge in [-0.2, -0.15) is 9.40 Å². The standard InChI is InChI=1S/C25H26FN3O4S/c26-21-6-8-22(9-7-21)29-24-14-20-10-11-28(34(31,32)23-4-2-1-3-5-23)17-25(20,18-33-13-12-30)15-19(24)16-27-29/h1-9,14,16,30H,10-13,15,17-18H2. The maximum Gasteiger partial charge on any atom is 0.243 e. The Kier molecular flexibility index (Phi) is 6.11. The number of nitrogens with zero attached hydrogens (tertiary/aromatic N) is 3. The molecule has 1 unspecified atom stereocenters. The SMILES string of the molecule is O=S(=O)(c1ccccc1)N1CCC2=Cc3c(cnn3-c3ccc(F)cc3)CC2(COCCO)C1. The zero-order valence-electron chi connectivity index (χ0n) is 18.6. The van der Waals surface area contributed by atoms with Gasteiger partial charge in [0.1, 0.15) is 5.82 Å². The van der Waals surface area contributed by atoms with E-state index in [0.29, 0.717) is 26.0 Å². The summed E-state index contributed by atoms with van der Waals surface area (Å²) in [5, 5.41) is 13.8. The Morgan fingerprint density at radius 3 is 2.62 bits per heavy atom. The van der Waals surface area contributed by atoms with E-state index in [2.05, 4.69) is 11.2 Å². The molecule has 1 aliphatic carbocycles. The third-order valence-corrected chi connectivity index (χ3v) is 8.44. The van der Waals surface area contributed by atoms with Crippen LogP contribution < -0.4 is 0 Å². The van der Waals surface area contributed by atoms with Crippen LogP contribution in [0.5, 0.6) is 0 Å². The molecule has 0 amide bonds. The molecule has 7 nitrogen and oxygen atoms in total. The number of ether oxygens (including phenoxy) is 1. The molecule has 1 fully saturated rings. The summed E-state index contributed by atoms with van der Waals surface area (Å²) in [6, 6.07) is 14.6. The Balaban J connectivity index is 1.51. The van der Waals surface area contributed by atoms with Crippen molar-refractivity contribution in [3.63, 3.8) is 0 Å². The summed E-state index contributed by atoms with van der Waals surface area (Å²) in [6.45, 7) is 1.02. The summed E-state index contributed by atoms with van der Waals surface area (Å²) < 4.78 is 49.3. The second-order valence-corrected chi connectivity index (χ2v) is 10.7. The van der Waals surface area contributed by atoms with Gasteiger partial charge < -0.3 is 9.84 Å². The smallest absolute Gasteiger partial charge is 0.243 e. The van der Waals surface area contributed by atoms with Crippen molar-refractivity contribution in [2.75, 3.05) is 32.9 Å². The maximum atomic E-state index is 13.4. The Labute approximate surface area is 198 Å². The number of hydrogen-bond donors (Lipinski definition) is 1. The predicted molar refractivity (Wildman–Crippen MR) is 125 cm³/mol. The molecule has 1 aliphatic heterocycles. The van der Waals surface area contributed by atoms with Crippen LogP contribution in [0.3, 0.4) is 0 Å². The first-order valence-corrected chi connectivity index (χ1v) is 12.6. The highest BCUT2D eigenvalue weighted by molar-refractivity contribution is 7.89. The molecule has 34 heavy (non-hydrogen) atoms. The van der Waals surface area contributed by atoms with Crippen molar-refractivity contribution in [3.05, 3.63) is 83.4 Å². The van der Waals surface area contributed by atoms with Crippen molar-refractivity contribution in [2.24, 2.45) is 5.41 Å². The van der Waals surface area contributed by atoms with E-state index in [0.717, 1.165) is 22.5 Å². The number of rotatable bonds is 7. The van der Waals surface area contributed by atoms with Gasteiger partial charge in [-0.1, -0.05) is 23.8 Å². The summed E-state index contributed by atoms with van der Waals surface area (Å²) in [5.41, 5.74) is 3.19. The van der Waals surface area contributed by atoms with E-state index in [-0.39, 0.29) is 30.5 Å². The van der Waals surface area contributed by atoms with E-state index in [1.807, 2.05) is 0 Å². The number of sulfonamides is 1. The monoisotopic (exact) mass is 483 g/mol. The molecule has 2 aliphatic rings. The second kappa shape index (κ2) is 9.07. The Bertz CT molecular complexity index is 1310. The number of halogens is 1. The molecular weight excluding hydrogens is 457 g/mol. The van der Waals surface area contributed by atoms with Gasteiger partial charge in [0.25, 0.3) is 0 Å². The van der Waals surface area contributed by atoms with E-state index in [1.54, 1.807) is 53.3 Å². The highest BCUT2D eigenvalue weighted by Crippen LogP contribution is 2.45. The summed E-state index contributed by atoms with van der Waals surface area (Å²) in [6.07, 6.45) is 4.97. The van der Waals surface area contributed by atoms with Crippen LogP contribution in [0, 0.1) is 11.2 Å². The second-order valence-electron chi connectivity index (χ2n) is 8.75. The van der Waals surface area contributed by atoms with Gasteiger partial charge in [0, 0.05) is 18.5 Å². The topological polar surface area (TPSA) is 84.7 Å². The van der Waals surface area contributed by atoms with Gasteiger partial charge >= 0.3 is 0 Å². The van der Waals surface area contributed by atoms with Gasteiger partial charge in [-0.05, 0) is 60.9 Å². The third kappa shape index (κ3) is 4.09.